The number of hydrogen-bond acceptors (Lipinski definition) is 6. The van der Waals surface area contributed by atoms with Crippen LogP contribution in [0.25, 0.3) is 11.5 Å². The topological polar surface area (TPSA) is 106 Å². The molecule has 0 aliphatic heterocycles. The van der Waals surface area contributed by atoms with Gasteiger partial charge in [0.25, 0.3) is 5.91 Å². The Balaban J connectivity index is 1.66. The molecule has 29 heavy (non-hydrogen) atoms. The average molecular weight is 386 g/mol. The second-order valence-electron chi connectivity index (χ2n) is 6.25. The number of H-pyrrole nitrogens is 1. The predicted octanol–water partition coefficient (Wildman–Crippen LogP) is 2.79. The van der Waals surface area contributed by atoms with Gasteiger partial charge >= 0.3 is 0 Å². The Morgan fingerprint density at radius 2 is 1.69 bits per heavy atom. The zero-order valence-electron chi connectivity index (χ0n) is 15.6. The molecule has 0 unspecified atom stereocenters. The molecule has 8 heteroatoms. The smallest absolute Gasteiger partial charge is 0.257 e. The Kier molecular flexibility index (Phi) is 5.24. The Morgan fingerprint density at radius 1 is 1.03 bits per heavy atom. The summed E-state index contributed by atoms with van der Waals surface area (Å²) >= 11 is 0. The molecule has 2 aromatic carbocycles. The van der Waals surface area contributed by atoms with E-state index in [2.05, 4.69) is 30.9 Å². The van der Waals surface area contributed by atoms with E-state index in [1.54, 1.807) is 6.07 Å². The number of carbonyl (C=O) groups is 1. The van der Waals surface area contributed by atoms with E-state index in [0.29, 0.717) is 22.8 Å². The lowest BCUT2D eigenvalue weighted by Gasteiger charge is -2.20. The SMILES string of the molecule is COc1cc(-c2nnn[nH]2)ncc1C(=O)NC(c1ccccc1)c1ccccc1. The van der Waals surface area contributed by atoms with E-state index in [-0.39, 0.29) is 11.9 Å². The number of tetrazole rings is 1. The first kappa shape index (κ1) is 18.3. The summed E-state index contributed by atoms with van der Waals surface area (Å²) < 4.78 is 5.41. The van der Waals surface area contributed by atoms with Gasteiger partial charge in [0.1, 0.15) is 11.4 Å². The van der Waals surface area contributed by atoms with Crippen LogP contribution in [0.2, 0.25) is 0 Å². The van der Waals surface area contributed by atoms with E-state index in [1.807, 2.05) is 60.7 Å². The van der Waals surface area contributed by atoms with Gasteiger partial charge in [-0.15, -0.1) is 5.10 Å². The van der Waals surface area contributed by atoms with Gasteiger partial charge < -0.3 is 10.1 Å². The van der Waals surface area contributed by atoms with Gasteiger partial charge in [-0.1, -0.05) is 60.7 Å². The highest BCUT2D eigenvalue weighted by Gasteiger charge is 2.21. The maximum atomic E-state index is 13.1. The van der Waals surface area contributed by atoms with Crippen molar-refractivity contribution in [2.45, 2.75) is 6.04 Å². The molecule has 2 aromatic heterocycles. The minimum atomic E-state index is -0.312. The summed E-state index contributed by atoms with van der Waals surface area (Å²) in [6, 6.07) is 20.9. The number of carbonyl (C=O) groups excluding carboxylic acids is 1. The van der Waals surface area contributed by atoms with Crippen molar-refractivity contribution in [1.82, 2.24) is 30.9 Å². The summed E-state index contributed by atoms with van der Waals surface area (Å²) in [5, 5.41) is 16.6. The van der Waals surface area contributed by atoms with E-state index in [0.717, 1.165) is 11.1 Å². The molecule has 2 N–H and O–H groups in total. The summed E-state index contributed by atoms with van der Waals surface area (Å²) in [7, 11) is 1.50. The molecule has 0 radical (unpaired) electrons. The van der Waals surface area contributed by atoms with Crippen LogP contribution < -0.4 is 10.1 Å². The van der Waals surface area contributed by atoms with Crippen LogP contribution in [-0.4, -0.2) is 38.6 Å². The van der Waals surface area contributed by atoms with E-state index in [4.69, 9.17) is 4.74 Å². The zero-order chi connectivity index (χ0) is 20.1. The van der Waals surface area contributed by atoms with Crippen LogP contribution in [0.5, 0.6) is 5.75 Å². The molecular formula is C21H18N6O2. The molecule has 0 saturated carbocycles. The first-order valence-electron chi connectivity index (χ1n) is 8.95. The minimum absolute atomic E-state index is 0.297. The fraction of sp³-hybridized carbons (Fsp3) is 0.0952. The molecule has 8 nitrogen and oxygen atoms in total. The summed E-state index contributed by atoms with van der Waals surface area (Å²) in [5.41, 5.74) is 2.75. The molecule has 0 bridgehead atoms. The van der Waals surface area contributed by atoms with Crippen molar-refractivity contribution in [3.63, 3.8) is 0 Å². The molecular weight excluding hydrogens is 368 g/mol. The maximum absolute atomic E-state index is 13.1. The van der Waals surface area contributed by atoms with Gasteiger partial charge in [-0.05, 0) is 21.6 Å². The molecule has 4 aromatic rings. The van der Waals surface area contributed by atoms with Crippen LogP contribution in [0.3, 0.4) is 0 Å². The number of methoxy groups -OCH3 is 1. The first-order chi connectivity index (χ1) is 14.3. The lowest BCUT2D eigenvalue weighted by molar-refractivity contribution is 0.0939. The van der Waals surface area contributed by atoms with Crippen LogP contribution >= 0.6 is 0 Å². The Bertz CT molecular complexity index is 1050. The van der Waals surface area contributed by atoms with Crippen LogP contribution in [0, 0.1) is 0 Å². The molecule has 0 aliphatic rings. The van der Waals surface area contributed by atoms with Crippen LogP contribution in [0.1, 0.15) is 27.5 Å². The summed E-state index contributed by atoms with van der Waals surface area (Å²) in [6.45, 7) is 0. The molecule has 144 valence electrons. The number of ether oxygens (including phenoxy) is 1. The van der Waals surface area contributed by atoms with Gasteiger partial charge in [-0.3, -0.25) is 9.78 Å². The highest BCUT2D eigenvalue weighted by Crippen LogP contribution is 2.26. The normalized spacial score (nSPS) is 10.7. The Labute approximate surface area is 167 Å². The van der Waals surface area contributed by atoms with E-state index < -0.39 is 0 Å². The average Bonchev–Trinajstić information content (AvgIpc) is 3.33. The van der Waals surface area contributed by atoms with Crippen LogP contribution in [0.4, 0.5) is 0 Å². The van der Waals surface area contributed by atoms with Crippen molar-refractivity contribution >= 4 is 5.91 Å². The molecule has 0 spiro atoms. The van der Waals surface area contributed by atoms with E-state index in [9.17, 15) is 4.79 Å². The minimum Gasteiger partial charge on any atom is -0.496 e. The van der Waals surface area contributed by atoms with Gasteiger partial charge in [0, 0.05) is 12.3 Å². The highest BCUT2D eigenvalue weighted by molar-refractivity contribution is 5.97. The molecule has 0 aliphatic carbocycles. The van der Waals surface area contributed by atoms with Crippen molar-refractivity contribution in [2.75, 3.05) is 7.11 Å². The number of amides is 1. The molecule has 0 fully saturated rings. The first-order valence-corrected chi connectivity index (χ1v) is 8.95. The predicted molar refractivity (Wildman–Crippen MR) is 106 cm³/mol. The lowest BCUT2D eigenvalue weighted by Crippen LogP contribution is -2.29. The molecule has 1 amide bonds. The van der Waals surface area contributed by atoms with E-state index >= 15 is 0 Å². The number of hydrogen-bond donors (Lipinski definition) is 2. The van der Waals surface area contributed by atoms with E-state index in [1.165, 1.54) is 13.3 Å². The standard InChI is InChI=1S/C21H18N6O2/c1-29-18-12-17(20-24-26-27-25-20)22-13-16(18)21(28)23-19(14-8-4-2-5-9-14)15-10-6-3-7-11-15/h2-13,19H,1H3,(H,23,28)(H,24,25,26,27). The molecule has 2 heterocycles. The second kappa shape index (κ2) is 8.30. The van der Waals surface area contributed by atoms with Crippen molar-refractivity contribution in [3.05, 3.63) is 89.6 Å². The number of rotatable bonds is 6. The summed E-state index contributed by atoms with van der Waals surface area (Å²) in [4.78, 5) is 17.4. The summed E-state index contributed by atoms with van der Waals surface area (Å²) in [6.07, 6.45) is 1.46. The van der Waals surface area contributed by atoms with Gasteiger partial charge in [-0.25, -0.2) is 5.10 Å². The van der Waals surface area contributed by atoms with Gasteiger partial charge in [0.2, 0.25) is 0 Å². The number of nitrogens with zero attached hydrogens (tertiary/aromatic N) is 4. The fourth-order valence-electron chi connectivity index (χ4n) is 3.03. The second-order valence-corrected chi connectivity index (χ2v) is 6.25. The lowest BCUT2D eigenvalue weighted by atomic mass is 9.98. The number of benzene rings is 2. The molecule has 0 saturated heterocycles. The van der Waals surface area contributed by atoms with Crippen LogP contribution in [-0.2, 0) is 0 Å². The quantitative estimate of drug-likeness (QED) is 0.528. The zero-order valence-corrected chi connectivity index (χ0v) is 15.6. The van der Waals surface area contributed by atoms with Gasteiger partial charge in [0.05, 0.1) is 18.7 Å². The Hall–Kier alpha value is -4.07. The van der Waals surface area contributed by atoms with Crippen LogP contribution in [0.15, 0.2) is 72.9 Å². The molecule has 4 rings (SSSR count). The van der Waals surface area contributed by atoms with Crippen molar-refractivity contribution < 1.29 is 9.53 Å². The Morgan fingerprint density at radius 3 is 2.24 bits per heavy atom. The van der Waals surface area contributed by atoms with Crippen molar-refractivity contribution in [3.8, 4) is 17.3 Å². The number of pyridine rings is 1. The van der Waals surface area contributed by atoms with Crippen molar-refractivity contribution in [2.24, 2.45) is 0 Å². The number of nitrogens with one attached hydrogen (secondary N) is 2. The third-order valence-corrected chi connectivity index (χ3v) is 4.46. The third kappa shape index (κ3) is 3.96. The number of aromatic nitrogens is 5. The number of aromatic amines is 1. The highest BCUT2D eigenvalue weighted by atomic mass is 16.5. The van der Waals surface area contributed by atoms with Gasteiger partial charge in [-0.2, -0.15) is 0 Å². The van der Waals surface area contributed by atoms with Crippen molar-refractivity contribution in [1.29, 1.82) is 0 Å². The maximum Gasteiger partial charge on any atom is 0.257 e. The summed E-state index contributed by atoms with van der Waals surface area (Å²) in [5.74, 6) is 0.472. The molecule has 0 atom stereocenters. The third-order valence-electron chi connectivity index (χ3n) is 4.46. The largest absolute Gasteiger partial charge is 0.496 e. The van der Waals surface area contributed by atoms with Gasteiger partial charge in [0.15, 0.2) is 5.82 Å². The fourth-order valence-corrected chi connectivity index (χ4v) is 3.03. The monoisotopic (exact) mass is 386 g/mol.